The number of carbonyl (C=O) groups is 1. The molecular formula is C17H11FN2O4. The number of aryl methyl sites for hydroxylation is 1. The van der Waals surface area contributed by atoms with E-state index in [1.165, 1.54) is 24.3 Å². The lowest BCUT2D eigenvalue weighted by atomic mass is 10.1. The minimum absolute atomic E-state index is 0.0712. The van der Waals surface area contributed by atoms with Gasteiger partial charge in [0.1, 0.15) is 23.2 Å². The number of rotatable bonds is 4. The zero-order chi connectivity index (χ0) is 17.3. The highest BCUT2D eigenvalue weighted by Gasteiger charge is 2.13. The zero-order valence-electron chi connectivity index (χ0n) is 12.5. The minimum atomic E-state index is -1.06. The number of carboxylic acid groups (broad SMARTS) is 1. The molecule has 0 atom stereocenters. The van der Waals surface area contributed by atoms with Gasteiger partial charge in [-0.2, -0.15) is 5.26 Å². The standard InChI is InChI=1S/C17H11FN2O4/c1-9-4-12(18)5-11(7-19)16(9)23-8-15-20-13-3-2-10(17(21)22)6-14(13)24-15/h2-6H,8H2,1H3,(H,21,22). The molecule has 7 heteroatoms. The number of aromatic carboxylic acids is 1. The van der Waals surface area contributed by atoms with Crippen LogP contribution >= 0.6 is 0 Å². The molecule has 0 unspecified atom stereocenters. The molecule has 0 aliphatic carbocycles. The van der Waals surface area contributed by atoms with Crippen LogP contribution in [0.3, 0.4) is 0 Å². The second-order valence-corrected chi connectivity index (χ2v) is 5.10. The van der Waals surface area contributed by atoms with E-state index >= 15 is 0 Å². The van der Waals surface area contributed by atoms with Crippen LogP contribution in [0.15, 0.2) is 34.7 Å². The maximum absolute atomic E-state index is 13.3. The second-order valence-electron chi connectivity index (χ2n) is 5.10. The van der Waals surface area contributed by atoms with Crippen molar-refractivity contribution in [1.29, 1.82) is 5.26 Å². The minimum Gasteiger partial charge on any atom is -0.482 e. The third-order valence-corrected chi connectivity index (χ3v) is 3.38. The van der Waals surface area contributed by atoms with E-state index in [-0.39, 0.29) is 29.4 Å². The third-order valence-electron chi connectivity index (χ3n) is 3.38. The molecule has 24 heavy (non-hydrogen) atoms. The number of nitriles is 1. The number of benzene rings is 2. The van der Waals surface area contributed by atoms with Crippen molar-refractivity contribution < 1.29 is 23.4 Å². The Bertz CT molecular complexity index is 988. The number of nitrogens with zero attached hydrogens (tertiary/aromatic N) is 2. The molecule has 120 valence electrons. The van der Waals surface area contributed by atoms with Crippen molar-refractivity contribution in [3.8, 4) is 11.8 Å². The summed E-state index contributed by atoms with van der Waals surface area (Å²) >= 11 is 0. The highest BCUT2D eigenvalue weighted by molar-refractivity contribution is 5.91. The Labute approximate surface area is 135 Å². The molecule has 0 aliphatic rings. The highest BCUT2D eigenvalue weighted by atomic mass is 19.1. The fraction of sp³-hybridized carbons (Fsp3) is 0.118. The van der Waals surface area contributed by atoms with Gasteiger partial charge in [-0.1, -0.05) is 0 Å². The first kappa shape index (κ1) is 15.5. The number of hydrogen-bond donors (Lipinski definition) is 1. The molecule has 0 spiro atoms. The first-order valence-corrected chi connectivity index (χ1v) is 6.93. The van der Waals surface area contributed by atoms with E-state index < -0.39 is 11.8 Å². The number of ether oxygens (including phenoxy) is 1. The van der Waals surface area contributed by atoms with Gasteiger partial charge in [0.25, 0.3) is 0 Å². The predicted octanol–water partition coefficient (Wildman–Crippen LogP) is 3.42. The van der Waals surface area contributed by atoms with E-state index in [1.54, 1.807) is 6.92 Å². The smallest absolute Gasteiger partial charge is 0.335 e. The molecule has 1 N–H and O–H groups in total. The predicted molar refractivity (Wildman–Crippen MR) is 81.2 cm³/mol. The van der Waals surface area contributed by atoms with Crippen LogP contribution in [0.4, 0.5) is 4.39 Å². The molecule has 1 heterocycles. The van der Waals surface area contributed by atoms with Crippen LogP contribution in [-0.4, -0.2) is 16.1 Å². The van der Waals surface area contributed by atoms with Crippen LogP contribution in [0.1, 0.15) is 27.4 Å². The Morgan fingerprint density at radius 1 is 1.42 bits per heavy atom. The summed E-state index contributed by atoms with van der Waals surface area (Å²) in [5.41, 5.74) is 1.47. The van der Waals surface area contributed by atoms with Crippen molar-refractivity contribution in [2.45, 2.75) is 13.5 Å². The molecule has 0 saturated carbocycles. The molecule has 0 fully saturated rings. The van der Waals surface area contributed by atoms with E-state index in [0.717, 1.165) is 6.07 Å². The first-order chi connectivity index (χ1) is 11.5. The molecule has 0 saturated heterocycles. The SMILES string of the molecule is Cc1cc(F)cc(C#N)c1OCc1nc2ccc(C(=O)O)cc2o1. The van der Waals surface area contributed by atoms with Crippen molar-refractivity contribution in [2.75, 3.05) is 0 Å². The van der Waals surface area contributed by atoms with Crippen molar-refractivity contribution in [1.82, 2.24) is 4.98 Å². The summed E-state index contributed by atoms with van der Waals surface area (Å²) < 4.78 is 24.3. The molecule has 1 aromatic heterocycles. The number of hydrogen-bond acceptors (Lipinski definition) is 5. The number of oxazole rings is 1. The number of fused-ring (bicyclic) bond motifs is 1. The summed E-state index contributed by atoms with van der Waals surface area (Å²) in [5.74, 6) is -1.10. The normalized spacial score (nSPS) is 10.5. The molecule has 0 radical (unpaired) electrons. The molecule has 0 amide bonds. The highest BCUT2D eigenvalue weighted by Crippen LogP contribution is 2.26. The van der Waals surface area contributed by atoms with Gasteiger partial charge in [-0.05, 0) is 42.8 Å². The number of carboxylic acids is 1. The average molecular weight is 326 g/mol. The van der Waals surface area contributed by atoms with Crippen molar-refractivity contribution >= 4 is 17.1 Å². The number of aromatic nitrogens is 1. The molecule has 0 aliphatic heterocycles. The third kappa shape index (κ3) is 2.90. The van der Waals surface area contributed by atoms with Gasteiger partial charge < -0.3 is 14.3 Å². The van der Waals surface area contributed by atoms with Crippen LogP contribution in [0.5, 0.6) is 5.75 Å². The Kier molecular flexibility index (Phi) is 3.88. The van der Waals surface area contributed by atoms with Gasteiger partial charge in [0.2, 0.25) is 5.89 Å². The molecule has 3 rings (SSSR count). The Morgan fingerprint density at radius 2 is 2.21 bits per heavy atom. The van der Waals surface area contributed by atoms with E-state index in [2.05, 4.69) is 4.98 Å². The van der Waals surface area contributed by atoms with E-state index in [1.807, 2.05) is 6.07 Å². The molecular weight excluding hydrogens is 315 g/mol. The van der Waals surface area contributed by atoms with Crippen LogP contribution < -0.4 is 4.74 Å². The van der Waals surface area contributed by atoms with Crippen LogP contribution in [-0.2, 0) is 6.61 Å². The molecule has 3 aromatic rings. The van der Waals surface area contributed by atoms with Gasteiger partial charge in [-0.3, -0.25) is 0 Å². The van der Waals surface area contributed by atoms with Crippen molar-refractivity contribution in [2.24, 2.45) is 0 Å². The quantitative estimate of drug-likeness (QED) is 0.789. The van der Waals surface area contributed by atoms with Gasteiger partial charge in [0.05, 0.1) is 11.1 Å². The fourth-order valence-corrected chi connectivity index (χ4v) is 2.31. The Morgan fingerprint density at radius 3 is 2.92 bits per heavy atom. The largest absolute Gasteiger partial charge is 0.482 e. The Balaban J connectivity index is 1.86. The Hall–Kier alpha value is -3.40. The molecule has 2 aromatic carbocycles. The van der Waals surface area contributed by atoms with Gasteiger partial charge in [0, 0.05) is 0 Å². The van der Waals surface area contributed by atoms with Gasteiger partial charge in [-0.15, -0.1) is 0 Å². The maximum atomic E-state index is 13.3. The van der Waals surface area contributed by atoms with Crippen molar-refractivity contribution in [3.05, 3.63) is 58.7 Å². The van der Waals surface area contributed by atoms with E-state index in [0.29, 0.717) is 16.7 Å². The van der Waals surface area contributed by atoms with Crippen LogP contribution in [0.25, 0.3) is 11.1 Å². The van der Waals surface area contributed by atoms with E-state index in [4.69, 9.17) is 19.5 Å². The summed E-state index contributed by atoms with van der Waals surface area (Å²) in [7, 11) is 0. The van der Waals surface area contributed by atoms with Crippen molar-refractivity contribution in [3.63, 3.8) is 0 Å². The number of halogens is 1. The monoisotopic (exact) mass is 326 g/mol. The summed E-state index contributed by atoms with van der Waals surface area (Å²) in [6, 6.07) is 8.57. The lowest BCUT2D eigenvalue weighted by Crippen LogP contribution is -2.00. The van der Waals surface area contributed by atoms with Crippen LogP contribution in [0, 0.1) is 24.1 Å². The molecule has 6 nitrogen and oxygen atoms in total. The second kappa shape index (κ2) is 6.01. The first-order valence-electron chi connectivity index (χ1n) is 6.93. The maximum Gasteiger partial charge on any atom is 0.335 e. The summed E-state index contributed by atoms with van der Waals surface area (Å²) in [4.78, 5) is 15.1. The summed E-state index contributed by atoms with van der Waals surface area (Å²) in [6.45, 7) is 1.56. The van der Waals surface area contributed by atoms with Gasteiger partial charge in [-0.25, -0.2) is 14.2 Å². The van der Waals surface area contributed by atoms with Gasteiger partial charge in [0.15, 0.2) is 12.2 Å². The topological polar surface area (TPSA) is 96.3 Å². The summed E-state index contributed by atoms with van der Waals surface area (Å²) in [6.07, 6.45) is 0. The average Bonchev–Trinajstić information content (AvgIpc) is 2.94. The molecule has 0 bridgehead atoms. The van der Waals surface area contributed by atoms with Gasteiger partial charge >= 0.3 is 5.97 Å². The fourth-order valence-electron chi connectivity index (χ4n) is 2.31. The lowest BCUT2D eigenvalue weighted by Gasteiger charge is -2.09. The van der Waals surface area contributed by atoms with Crippen LogP contribution in [0.2, 0.25) is 0 Å². The zero-order valence-corrected chi connectivity index (χ0v) is 12.5. The summed E-state index contributed by atoms with van der Waals surface area (Å²) in [5, 5.41) is 18.0. The van der Waals surface area contributed by atoms with E-state index in [9.17, 15) is 9.18 Å². The lowest BCUT2D eigenvalue weighted by molar-refractivity contribution is 0.0697.